The minimum Gasteiger partial charge on any atom is -0.480 e. The molecule has 0 fully saturated rings. The number of nitrogens with zero attached hydrogens (tertiary/aromatic N) is 3. The van der Waals surface area contributed by atoms with Crippen LogP contribution < -0.4 is 0 Å². The lowest BCUT2D eigenvalue weighted by atomic mass is 10.1. The SMILES string of the molecule is CCCCCCCN(CCc1csc(SC(C)(C)C(=O)O)n1)C(=O)c1csc(-c2ccccc2)n1. The molecule has 3 aromatic rings. The van der Waals surface area contributed by atoms with Crippen molar-refractivity contribution in [3.63, 3.8) is 0 Å². The molecule has 6 nitrogen and oxygen atoms in total. The monoisotopic (exact) mass is 531 g/mol. The highest BCUT2D eigenvalue weighted by Gasteiger charge is 2.30. The Morgan fingerprint density at radius 3 is 2.46 bits per heavy atom. The molecule has 188 valence electrons. The number of unbranched alkanes of at least 4 members (excludes halogenated alkanes) is 4. The zero-order chi connectivity index (χ0) is 25.3. The van der Waals surface area contributed by atoms with Gasteiger partial charge in [0.1, 0.15) is 15.4 Å². The van der Waals surface area contributed by atoms with Gasteiger partial charge in [-0.15, -0.1) is 22.7 Å². The average Bonchev–Trinajstić information content (AvgIpc) is 3.50. The Balaban J connectivity index is 1.66. The van der Waals surface area contributed by atoms with Crippen LogP contribution in [0.25, 0.3) is 10.6 Å². The van der Waals surface area contributed by atoms with E-state index in [1.165, 1.54) is 53.7 Å². The lowest BCUT2D eigenvalue weighted by molar-refractivity contribution is -0.138. The minimum atomic E-state index is -0.934. The molecule has 0 aliphatic heterocycles. The maximum absolute atomic E-state index is 13.4. The summed E-state index contributed by atoms with van der Waals surface area (Å²) in [5.41, 5.74) is 2.38. The molecule has 0 aliphatic rings. The molecule has 0 atom stereocenters. The number of carboxylic acid groups (broad SMARTS) is 1. The van der Waals surface area contributed by atoms with Crippen LogP contribution in [-0.4, -0.2) is 49.7 Å². The Morgan fingerprint density at radius 2 is 1.74 bits per heavy atom. The number of carboxylic acids is 1. The number of aliphatic carboxylic acids is 1. The van der Waals surface area contributed by atoms with E-state index in [1.54, 1.807) is 13.8 Å². The van der Waals surface area contributed by atoms with Crippen molar-refractivity contribution in [3.8, 4) is 10.6 Å². The molecule has 0 bridgehead atoms. The van der Waals surface area contributed by atoms with E-state index < -0.39 is 10.7 Å². The number of hydrogen-bond acceptors (Lipinski definition) is 7. The first kappa shape index (κ1) is 27.4. The number of amides is 1. The summed E-state index contributed by atoms with van der Waals surface area (Å²) in [6.45, 7) is 6.80. The first-order valence-corrected chi connectivity index (χ1v) is 14.5. The van der Waals surface area contributed by atoms with Crippen molar-refractivity contribution in [3.05, 3.63) is 52.5 Å². The van der Waals surface area contributed by atoms with Gasteiger partial charge in [0, 0.05) is 35.8 Å². The normalized spacial score (nSPS) is 11.5. The standard InChI is InChI=1S/C26H33N3O3S3/c1-4-5-6-7-11-15-29(16-14-20-17-34-25(27-20)35-26(2,3)24(31)32)23(30)21-18-33-22(28-21)19-12-9-8-10-13-19/h8-10,12-13,17-18H,4-7,11,14-16H2,1-3H3,(H,31,32). The molecule has 0 saturated heterocycles. The molecule has 35 heavy (non-hydrogen) atoms. The highest BCUT2D eigenvalue weighted by atomic mass is 32.2. The first-order valence-electron chi connectivity index (χ1n) is 12.0. The molecule has 0 saturated carbocycles. The summed E-state index contributed by atoms with van der Waals surface area (Å²) in [7, 11) is 0. The van der Waals surface area contributed by atoms with Crippen molar-refractivity contribution in [2.75, 3.05) is 13.1 Å². The fraction of sp³-hybridized carbons (Fsp3) is 0.462. The molecule has 3 rings (SSSR count). The number of aromatic nitrogens is 2. The third-order valence-corrected chi connectivity index (χ3v) is 8.65. The van der Waals surface area contributed by atoms with Gasteiger partial charge in [0.15, 0.2) is 4.34 Å². The van der Waals surface area contributed by atoms with Crippen LogP contribution in [0.2, 0.25) is 0 Å². The Morgan fingerprint density at radius 1 is 1.00 bits per heavy atom. The minimum absolute atomic E-state index is 0.0456. The van der Waals surface area contributed by atoms with E-state index in [0.29, 0.717) is 25.2 Å². The number of rotatable bonds is 14. The summed E-state index contributed by atoms with van der Waals surface area (Å²) in [5.74, 6) is -0.909. The Kier molecular flexibility index (Phi) is 10.3. The average molecular weight is 532 g/mol. The van der Waals surface area contributed by atoms with Gasteiger partial charge in [0.25, 0.3) is 5.91 Å². The fourth-order valence-corrected chi connectivity index (χ4v) is 6.46. The third-order valence-electron chi connectivity index (χ3n) is 5.59. The van der Waals surface area contributed by atoms with Gasteiger partial charge in [-0.05, 0) is 20.3 Å². The van der Waals surface area contributed by atoms with Gasteiger partial charge in [0.2, 0.25) is 0 Å². The van der Waals surface area contributed by atoms with Crippen LogP contribution in [-0.2, 0) is 11.2 Å². The molecule has 9 heteroatoms. The van der Waals surface area contributed by atoms with E-state index >= 15 is 0 Å². The Labute approximate surface area is 219 Å². The number of thioether (sulfide) groups is 1. The highest BCUT2D eigenvalue weighted by molar-refractivity contribution is 8.03. The molecule has 2 aromatic heterocycles. The smallest absolute Gasteiger partial charge is 0.319 e. The van der Waals surface area contributed by atoms with E-state index in [1.807, 2.05) is 46.0 Å². The van der Waals surface area contributed by atoms with Crippen LogP contribution in [0.5, 0.6) is 0 Å². The van der Waals surface area contributed by atoms with Crippen molar-refractivity contribution in [2.45, 2.75) is 68.4 Å². The van der Waals surface area contributed by atoms with Crippen molar-refractivity contribution >= 4 is 46.3 Å². The summed E-state index contributed by atoms with van der Waals surface area (Å²) < 4.78 is -0.201. The summed E-state index contributed by atoms with van der Waals surface area (Å²) in [4.78, 5) is 35.9. The second kappa shape index (κ2) is 13.2. The van der Waals surface area contributed by atoms with Gasteiger partial charge in [-0.1, -0.05) is 74.7 Å². The Bertz CT molecular complexity index is 1100. The molecule has 0 unspecified atom stereocenters. The van der Waals surface area contributed by atoms with Crippen LogP contribution in [0.15, 0.2) is 45.4 Å². The van der Waals surface area contributed by atoms with Crippen molar-refractivity contribution in [1.82, 2.24) is 14.9 Å². The number of carbonyl (C=O) groups is 2. The molecule has 2 heterocycles. The maximum atomic E-state index is 13.4. The number of thiazole rings is 2. The second-order valence-corrected chi connectivity index (χ2v) is 12.5. The number of benzene rings is 1. The van der Waals surface area contributed by atoms with Gasteiger partial charge in [0.05, 0.1) is 5.69 Å². The van der Waals surface area contributed by atoms with Crippen LogP contribution >= 0.6 is 34.4 Å². The summed E-state index contributed by atoms with van der Waals surface area (Å²) in [6, 6.07) is 9.91. The molecular formula is C26H33N3O3S3. The van der Waals surface area contributed by atoms with Crippen LogP contribution in [0, 0.1) is 0 Å². The van der Waals surface area contributed by atoms with E-state index in [9.17, 15) is 14.7 Å². The number of carbonyl (C=O) groups excluding carboxylic acids is 1. The molecule has 1 aromatic carbocycles. The highest BCUT2D eigenvalue weighted by Crippen LogP contribution is 2.34. The van der Waals surface area contributed by atoms with Gasteiger partial charge < -0.3 is 10.0 Å². The maximum Gasteiger partial charge on any atom is 0.319 e. The van der Waals surface area contributed by atoms with Gasteiger partial charge in [-0.3, -0.25) is 9.59 Å². The molecule has 0 spiro atoms. The van der Waals surface area contributed by atoms with Crippen molar-refractivity contribution in [2.24, 2.45) is 0 Å². The Hall–Kier alpha value is -2.23. The first-order chi connectivity index (χ1) is 16.8. The van der Waals surface area contributed by atoms with E-state index in [2.05, 4.69) is 16.9 Å². The predicted molar refractivity (Wildman–Crippen MR) is 146 cm³/mol. The number of hydrogen-bond donors (Lipinski definition) is 1. The zero-order valence-electron chi connectivity index (χ0n) is 20.5. The van der Waals surface area contributed by atoms with Crippen LogP contribution in [0.3, 0.4) is 0 Å². The van der Waals surface area contributed by atoms with E-state index in [-0.39, 0.29) is 5.91 Å². The summed E-state index contributed by atoms with van der Waals surface area (Å²) in [5, 5.41) is 14.0. The predicted octanol–water partition coefficient (Wildman–Crippen LogP) is 6.88. The molecular weight excluding hydrogens is 499 g/mol. The molecule has 0 aliphatic carbocycles. The third kappa shape index (κ3) is 8.15. The molecule has 0 radical (unpaired) electrons. The largest absolute Gasteiger partial charge is 0.480 e. The second-order valence-electron chi connectivity index (χ2n) is 8.88. The lowest BCUT2D eigenvalue weighted by Crippen LogP contribution is -2.34. The van der Waals surface area contributed by atoms with Gasteiger partial charge in [-0.25, -0.2) is 9.97 Å². The van der Waals surface area contributed by atoms with Crippen LogP contribution in [0.1, 0.15) is 69.1 Å². The van der Waals surface area contributed by atoms with Crippen molar-refractivity contribution in [1.29, 1.82) is 0 Å². The fourth-order valence-electron chi connectivity index (χ4n) is 3.43. The van der Waals surface area contributed by atoms with E-state index in [4.69, 9.17) is 0 Å². The molecule has 1 N–H and O–H groups in total. The van der Waals surface area contributed by atoms with E-state index in [0.717, 1.165) is 33.4 Å². The zero-order valence-corrected chi connectivity index (χ0v) is 23.0. The van der Waals surface area contributed by atoms with Gasteiger partial charge >= 0.3 is 5.97 Å². The van der Waals surface area contributed by atoms with Gasteiger partial charge in [-0.2, -0.15) is 0 Å². The van der Waals surface area contributed by atoms with Crippen LogP contribution in [0.4, 0.5) is 0 Å². The summed E-state index contributed by atoms with van der Waals surface area (Å²) in [6.07, 6.45) is 6.28. The molecule has 1 amide bonds. The lowest BCUT2D eigenvalue weighted by Gasteiger charge is -2.21. The topological polar surface area (TPSA) is 83.4 Å². The quantitative estimate of drug-likeness (QED) is 0.180. The van der Waals surface area contributed by atoms with Crippen molar-refractivity contribution < 1.29 is 14.7 Å². The summed E-state index contributed by atoms with van der Waals surface area (Å²) >= 11 is 4.19.